The predicted molar refractivity (Wildman–Crippen MR) is 188 cm³/mol. The highest BCUT2D eigenvalue weighted by molar-refractivity contribution is 6.05. The van der Waals surface area contributed by atoms with Crippen LogP contribution in [0.4, 0.5) is 17.1 Å². The van der Waals surface area contributed by atoms with E-state index in [1.807, 2.05) is 60.7 Å². The third-order valence-electron chi connectivity index (χ3n) is 7.57. The Morgan fingerprint density at radius 2 is 1.33 bits per heavy atom. The fourth-order valence-electron chi connectivity index (χ4n) is 5.10. The van der Waals surface area contributed by atoms with E-state index in [-0.39, 0.29) is 11.9 Å². The lowest BCUT2D eigenvalue weighted by molar-refractivity contribution is 0.102. The largest absolute Gasteiger partial charge is 0.383 e. The molecule has 0 saturated carbocycles. The Balaban J connectivity index is 1.33. The Bertz CT molecular complexity index is 1680. The van der Waals surface area contributed by atoms with Crippen LogP contribution in [0.3, 0.4) is 0 Å². The van der Waals surface area contributed by atoms with Crippen molar-refractivity contribution in [3.63, 3.8) is 0 Å². The molecule has 0 heterocycles. The number of carbonyl (C=O) groups excluding carboxylic acids is 1. The highest BCUT2D eigenvalue weighted by atomic mass is 16.1. The maximum absolute atomic E-state index is 13.4. The molecule has 0 saturated heterocycles. The van der Waals surface area contributed by atoms with Crippen LogP contribution in [0.25, 0.3) is 11.1 Å². The summed E-state index contributed by atoms with van der Waals surface area (Å²) in [6, 6.07) is 41.0. The molecule has 6 N–H and O–H groups in total. The number of guanidine groups is 1. The minimum atomic E-state index is -0.178. The van der Waals surface area contributed by atoms with Crippen molar-refractivity contribution < 1.29 is 4.79 Å². The van der Waals surface area contributed by atoms with Crippen LogP contribution in [0.2, 0.25) is 0 Å². The highest BCUT2D eigenvalue weighted by Crippen LogP contribution is 2.30. The molecule has 0 spiro atoms. The number of hydrogen-bond acceptors (Lipinski definition) is 4. The van der Waals surface area contributed by atoms with E-state index < -0.39 is 0 Å². The molecule has 0 aromatic heterocycles. The molecule has 0 bridgehead atoms. The van der Waals surface area contributed by atoms with Gasteiger partial charge in [0, 0.05) is 47.8 Å². The summed E-state index contributed by atoms with van der Waals surface area (Å²) >= 11 is 0. The summed E-state index contributed by atoms with van der Waals surface area (Å²) in [6.45, 7) is 6.75. The number of aryl methyl sites for hydroxylation is 2. The topological polar surface area (TPSA) is 109 Å². The zero-order valence-corrected chi connectivity index (χ0v) is 25.8. The molecular formula is C38H40N6O. The van der Waals surface area contributed by atoms with E-state index in [0.717, 1.165) is 41.3 Å². The quantitative estimate of drug-likeness (QED) is 0.0697. The first-order chi connectivity index (χ1) is 21.8. The van der Waals surface area contributed by atoms with Crippen molar-refractivity contribution in [1.82, 2.24) is 0 Å². The van der Waals surface area contributed by atoms with E-state index in [9.17, 15) is 4.79 Å². The van der Waals surface area contributed by atoms with Gasteiger partial charge in [-0.1, -0.05) is 90.0 Å². The zero-order chi connectivity index (χ0) is 31.6. The fraction of sp³-hybridized carbons (Fsp3) is 0.158. The van der Waals surface area contributed by atoms with Gasteiger partial charge in [-0.15, -0.1) is 0 Å². The van der Waals surface area contributed by atoms with Crippen LogP contribution in [-0.2, 0) is 13.1 Å². The second kappa shape index (κ2) is 14.8. The number of carbonyl (C=O) groups is 1. The van der Waals surface area contributed by atoms with E-state index in [1.54, 1.807) is 0 Å². The minimum absolute atomic E-state index is 0.0605. The van der Waals surface area contributed by atoms with Crippen LogP contribution in [-0.4, -0.2) is 25.0 Å². The summed E-state index contributed by atoms with van der Waals surface area (Å²) in [5.41, 5.74) is 21.1. The molecule has 228 valence electrons. The van der Waals surface area contributed by atoms with Crippen molar-refractivity contribution >= 4 is 28.9 Å². The summed E-state index contributed by atoms with van der Waals surface area (Å²) in [6.07, 6.45) is 0. The Kier molecular flexibility index (Phi) is 10.1. The number of nitrogens with one attached hydrogen (secondary N) is 2. The Hall–Kier alpha value is -5.56. The monoisotopic (exact) mass is 596 g/mol. The first-order valence-electron chi connectivity index (χ1n) is 15.1. The number of benzene rings is 5. The fourth-order valence-corrected chi connectivity index (χ4v) is 5.10. The van der Waals surface area contributed by atoms with E-state index in [1.165, 1.54) is 22.3 Å². The molecule has 0 aliphatic heterocycles. The highest BCUT2D eigenvalue weighted by Gasteiger charge is 2.13. The summed E-state index contributed by atoms with van der Waals surface area (Å²) in [5, 5.41) is 6.46. The van der Waals surface area contributed by atoms with Crippen molar-refractivity contribution in [3.05, 3.63) is 149 Å². The van der Waals surface area contributed by atoms with Crippen LogP contribution in [0.5, 0.6) is 0 Å². The third-order valence-corrected chi connectivity index (χ3v) is 7.57. The molecule has 0 radical (unpaired) electrons. The second-order valence-electron chi connectivity index (χ2n) is 11.2. The normalized spacial score (nSPS) is 10.6. The number of nitrogens with two attached hydrogens (primary N) is 2. The summed E-state index contributed by atoms with van der Waals surface area (Å²) < 4.78 is 0. The molecule has 0 aliphatic carbocycles. The van der Waals surface area contributed by atoms with E-state index in [2.05, 4.69) is 95.0 Å². The number of anilines is 3. The standard InChI is InChI=1S/C38H40N6O/c1-27-8-12-29(13-9-27)25-44(26-30-14-10-28(2)11-15-30)34-19-17-33(18-20-34)43-37(45)32-16-21-36(41-22-23-42-38(39)40)35(24-32)31-6-4-3-5-7-31/h3-21,24,41H,22-23,25-26H2,1-2H3,(H,43,45)(H4,39,40,42). The number of nitrogens with zero attached hydrogens (tertiary/aromatic N) is 2. The van der Waals surface area contributed by atoms with Crippen molar-refractivity contribution in [3.8, 4) is 11.1 Å². The van der Waals surface area contributed by atoms with Crippen molar-refractivity contribution in [2.24, 2.45) is 16.5 Å². The lowest BCUT2D eigenvalue weighted by atomic mass is 10.0. The SMILES string of the molecule is Cc1ccc(CN(Cc2ccc(C)cc2)c2ccc(NC(=O)c3ccc(NCCN=C(N)N)c(-c4ccccc4)c3)cc2)cc1. The third kappa shape index (κ3) is 8.74. The van der Waals surface area contributed by atoms with Crippen LogP contribution in [0.1, 0.15) is 32.6 Å². The van der Waals surface area contributed by atoms with Gasteiger partial charge in [-0.05, 0) is 73.0 Å². The Morgan fingerprint density at radius 1 is 0.733 bits per heavy atom. The molecule has 7 nitrogen and oxygen atoms in total. The average Bonchev–Trinajstić information content (AvgIpc) is 3.05. The van der Waals surface area contributed by atoms with Gasteiger partial charge in [-0.25, -0.2) is 0 Å². The summed E-state index contributed by atoms with van der Waals surface area (Å²) in [7, 11) is 0. The molecule has 5 rings (SSSR count). The molecular weight excluding hydrogens is 556 g/mol. The summed E-state index contributed by atoms with van der Waals surface area (Å²) in [4.78, 5) is 19.8. The lowest BCUT2D eigenvalue weighted by Crippen LogP contribution is -2.24. The molecule has 0 aliphatic rings. The number of hydrogen-bond donors (Lipinski definition) is 4. The van der Waals surface area contributed by atoms with Crippen molar-refractivity contribution in [2.45, 2.75) is 26.9 Å². The molecule has 7 heteroatoms. The van der Waals surface area contributed by atoms with Crippen LogP contribution in [0, 0.1) is 13.8 Å². The van der Waals surface area contributed by atoms with Gasteiger partial charge in [0.25, 0.3) is 5.91 Å². The van der Waals surface area contributed by atoms with Gasteiger partial charge in [-0.3, -0.25) is 9.79 Å². The smallest absolute Gasteiger partial charge is 0.255 e. The number of rotatable bonds is 12. The molecule has 0 unspecified atom stereocenters. The average molecular weight is 597 g/mol. The summed E-state index contributed by atoms with van der Waals surface area (Å²) in [5.74, 6) is -0.117. The van der Waals surface area contributed by atoms with E-state index in [4.69, 9.17) is 11.5 Å². The van der Waals surface area contributed by atoms with Crippen LogP contribution in [0.15, 0.2) is 126 Å². The van der Waals surface area contributed by atoms with Gasteiger partial charge >= 0.3 is 0 Å². The van der Waals surface area contributed by atoms with Crippen molar-refractivity contribution in [2.75, 3.05) is 28.6 Å². The molecule has 45 heavy (non-hydrogen) atoms. The Morgan fingerprint density at radius 3 is 1.91 bits per heavy atom. The molecule has 0 atom stereocenters. The molecule has 0 fully saturated rings. The molecule has 5 aromatic carbocycles. The molecule has 5 aromatic rings. The maximum Gasteiger partial charge on any atom is 0.255 e. The first-order valence-corrected chi connectivity index (χ1v) is 15.1. The Labute approximate surface area is 265 Å². The number of amides is 1. The van der Waals surface area contributed by atoms with E-state index >= 15 is 0 Å². The van der Waals surface area contributed by atoms with Gasteiger partial charge in [0.05, 0.1) is 6.54 Å². The van der Waals surface area contributed by atoms with Gasteiger partial charge in [0.1, 0.15) is 0 Å². The van der Waals surface area contributed by atoms with E-state index in [0.29, 0.717) is 18.7 Å². The minimum Gasteiger partial charge on any atom is -0.383 e. The maximum atomic E-state index is 13.4. The zero-order valence-electron chi connectivity index (χ0n) is 25.8. The first kappa shape index (κ1) is 30.9. The van der Waals surface area contributed by atoms with Crippen LogP contribution < -0.4 is 27.0 Å². The number of aliphatic imine (C=N–C) groups is 1. The van der Waals surface area contributed by atoms with Gasteiger partial charge in [0.2, 0.25) is 0 Å². The van der Waals surface area contributed by atoms with Crippen molar-refractivity contribution in [1.29, 1.82) is 0 Å². The second-order valence-corrected chi connectivity index (χ2v) is 11.2. The van der Waals surface area contributed by atoms with Gasteiger partial charge < -0.3 is 27.0 Å². The lowest BCUT2D eigenvalue weighted by Gasteiger charge is -2.26. The predicted octanol–water partition coefficient (Wildman–Crippen LogP) is 7.11. The van der Waals surface area contributed by atoms with Gasteiger partial charge in [0.15, 0.2) is 5.96 Å². The molecule has 1 amide bonds. The van der Waals surface area contributed by atoms with Gasteiger partial charge in [-0.2, -0.15) is 0 Å². The van der Waals surface area contributed by atoms with Crippen LogP contribution >= 0.6 is 0 Å².